The minimum Gasteiger partial charge on any atom is -0.465 e. The van der Waals surface area contributed by atoms with Gasteiger partial charge in [0.2, 0.25) is 0 Å². The third-order valence-electron chi connectivity index (χ3n) is 3.33. The Bertz CT molecular complexity index is 422. The van der Waals surface area contributed by atoms with E-state index < -0.39 is 17.7 Å². The number of benzene rings is 1. The molecule has 18 heavy (non-hydrogen) atoms. The van der Waals surface area contributed by atoms with Crippen LogP contribution in [0.5, 0.6) is 0 Å². The number of nitrogens with zero attached hydrogens (tertiary/aromatic N) is 1. The predicted octanol–water partition coefficient (Wildman–Crippen LogP) is 2.90. The highest BCUT2D eigenvalue weighted by Gasteiger charge is 2.22. The minimum absolute atomic E-state index is 0.293. The van der Waals surface area contributed by atoms with Crippen LogP contribution in [0.4, 0.5) is 13.6 Å². The molecule has 0 spiro atoms. The zero-order valence-corrected chi connectivity index (χ0v) is 9.90. The molecule has 5 heteroatoms. The molecule has 1 aromatic rings. The van der Waals surface area contributed by atoms with Crippen molar-refractivity contribution in [1.82, 2.24) is 4.90 Å². The summed E-state index contributed by atoms with van der Waals surface area (Å²) in [5, 5.41) is 8.81. The molecule has 0 unspecified atom stereocenters. The molecule has 0 aliphatic carbocycles. The van der Waals surface area contributed by atoms with E-state index in [-0.39, 0.29) is 0 Å². The van der Waals surface area contributed by atoms with Crippen LogP contribution >= 0.6 is 0 Å². The van der Waals surface area contributed by atoms with Gasteiger partial charge in [-0.1, -0.05) is 0 Å². The SMILES string of the molecule is O=C(O)N1CCC(Cc2cc(F)cc(F)c2)CC1. The smallest absolute Gasteiger partial charge is 0.407 e. The van der Waals surface area contributed by atoms with Crippen LogP contribution in [0, 0.1) is 17.6 Å². The van der Waals surface area contributed by atoms with Crippen molar-refractivity contribution in [2.24, 2.45) is 5.92 Å². The van der Waals surface area contributed by atoms with Gasteiger partial charge in [0.25, 0.3) is 0 Å². The molecule has 1 aliphatic heterocycles. The highest BCUT2D eigenvalue weighted by Crippen LogP contribution is 2.22. The van der Waals surface area contributed by atoms with Crippen LogP contribution < -0.4 is 0 Å². The van der Waals surface area contributed by atoms with Gasteiger partial charge in [0.15, 0.2) is 0 Å². The van der Waals surface area contributed by atoms with E-state index in [0.717, 1.165) is 18.9 Å². The largest absolute Gasteiger partial charge is 0.465 e. The monoisotopic (exact) mass is 255 g/mol. The molecule has 1 aliphatic rings. The van der Waals surface area contributed by atoms with Gasteiger partial charge in [-0.25, -0.2) is 13.6 Å². The van der Waals surface area contributed by atoms with E-state index in [1.807, 2.05) is 0 Å². The molecule has 1 fully saturated rings. The molecule has 3 nitrogen and oxygen atoms in total. The first kappa shape index (κ1) is 12.8. The summed E-state index contributed by atoms with van der Waals surface area (Å²) in [5.74, 6) is -0.831. The van der Waals surface area contributed by atoms with Crippen LogP contribution in [-0.4, -0.2) is 29.2 Å². The predicted molar refractivity (Wildman–Crippen MR) is 62.4 cm³/mol. The molecule has 0 radical (unpaired) electrons. The lowest BCUT2D eigenvalue weighted by molar-refractivity contribution is 0.124. The number of rotatable bonds is 2. The third-order valence-corrected chi connectivity index (χ3v) is 3.33. The van der Waals surface area contributed by atoms with E-state index in [0.29, 0.717) is 31.0 Å². The van der Waals surface area contributed by atoms with E-state index in [2.05, 4.69) is 0 Å². The quantitative estimate of drug-likeness (QED) is 0.882. The highest BCUT2D eigenvalue weighted by molar-refractivity contribution is 5.64. The van der Waals surface area contributed by atoms with Gasteiger partial charge < -0.3 is 10.0 Å². The Hall–Kier alpha value is -1.65. The molecule has 0 bridgehead atoms. The number of carbonyl (C=O) groups is 1. The lowest BCUT2D eigenvalue weighted by atomic mass is 9.90. The van der Waals surface area contributed by atoms with E-state index in [1.54, 1.807) is 0 Å². The Balaban J connectivity index is 1.93. The summed E-state index contributed by atoms with van der Waals surface area (Å²) in [6.07, 6.45) is 1.18. The second-order valence-electron chi connectivity index (χ2n) is 4.69. The number of carboxylic acid groups (broad SMARTS) is 1. The van der Waals surface area contributed by atoms with Gasteiger partial charge in [0.1, 0.15) is 11.6 Å². The van der Waals surface area contributed by atoms with Crippen LogP contribution in [-0.2, 0) is 6.42 Å². The van der Waals surface area contributed by atoms with E-state index in [1.165, 1.54) is 17.0 Å². The van der Waals surface area contributed by atoms with Crippen molar-refractivity contribution in [2.75, 3.05) is 13.1 Å². The van der Waals surface area contributed by atoms with Crippen LogP contribution in [0.1, 0.15) is 18.4 Å². The molecule has 0 aromatic heterocycles. The molecule has 0 atom stereocenters. The van der Waals surface area contributed by atoms with E-state index in [4.69, 9.17) is 5.11 Å². The average molecular weight is 255 g/mol. The second kappa shape index (κ2) is 5.33. The second-order valence-corrected chi connectivity index (χ2v) is 4.69. The van der Waals surface area contributed by atoms with Crippen molar-refractivity contribution in [2.45, 2.75) is 19.3 Å². The number of piperidine rings is 1. The molecule has 1 heterocycles. The Morgan fingerprint density at radius 2 is 1.78 bits per heavy atom. The van der Waals surface area contributed by atoms with Crippen LogP contribution in [0.25, 0.3) is 0 Å². The number of amides is 1. The molecule has 2 rings (SSSR count). The van der Waals surface area contributed by atoms with Crippen molar-refractivity contribution < 1.29 is 18.7 Å². The van der Waals surface area contributed by atoms with Gasteiger partial charge in [0.05, 0.1) is 0 Å². The third kappa shape index (κ3) is 3.18. The summed E-state index contributed by atoms with van der Waals surface area (Å²) in [4.78, 5) is 12.1. The van der Waals surface area contributed by atoms with Crippen LogP contribution in [0.3, 0.4) is 0 Å². The van der Waals surface area contributed by atoms with Crippen molar-refractivity contribution in [1.29, 1.82) is 0 Å². The fourth-order valence-electron chi connectivity index (χ4n) is 2.39. The summed E-state index contributed by atoms with van der Waals surface area (Å²) in [6.45, 7) is 0.996. The van der Waals surface area contributed by atoms with Crippen LogP contribution in [0.15, 0.2) is 18.2 Å². The van der Waals surface area contributed by atoms with Gasteiger partial charge in [0, 0.05) is 19.2 Å². The lowest BCUT2D eigenvalue weighted by Gasteiger charge is -2.30. The fraction of sp³-hybridized carbons (Fsp3) is 0.462. The van der Waals surface area contributed by atoms with Gasteiger partial charge in [-0.3, -0.25) is 0 Å². The molecular weight excluding hydrogens is 240 g/mol. The molecule has 98 valence electrons. The zero-order valence-electron chi connectivity index (χ0n) is 9.90. The first-order valence-corrected chi connectivity index (χ1v) is 5.97. The normalized spacial score (nSPS) is 16.9. The van der Waals surface area contributed by atoms with Gasteiger partial charge in [-0.15, -0.1) is 0 Å². The van der Waals surface area contributed by atoms with Crippen molar-refractivity contribution >= 4 is 6.09 Å². The molecule has 0 saturated carbocycles. The maximum Gasteiger partial charge on any atom is 0.407 e. The maximum atomic E-state index is 13.0. The number of likely N-dealkylation sites (tertiary alicyclic amines) is 1. The van der Waals surface area contributed by atoms with Crippen molar-refractivity contribution in [3.05, 3.63) is 35.4 Å². The number of hydrogen-bond donors (Lipinski definition) is 1. The molecular formula is C13H15F2NO2. The summed E-state index contributed by atoms with van der Waals surface area (Å²) < 4.78 is 26.0. The first-order chi connectivity index (χ1) is 8.54. The Labute approximate surface area is 104 Å². The topological polar surface area (TPSA) is 40.5 Å². The maximum absolute atomic E-state index is 13.0. The summed E-state index contributed by atoms with van der Waals surface area (Å²) in [7, 11) is 0. The highest BCUT2D eigenvalue weighted by atomic mass is 19.1. The lowest BCUT2D eigenvalue weighted by Crippen LogP contribution is -2.37. The van der Waals surface area contributed by atoms with Gasteiger partial charge in [-0.05, 0) is 42.9 Å². The average Bonchev–Trinajstić information content (AvgIpc) is 2.28. The summed E-state index contributed by atoms with van der Waals surface area (Å²) >= 11 is 0. The molecule has 1 amide bonds. The molecule has 1 N–H and O–H groups in total. The Morgan fingerprint density at radius 3 is 2.28 bits per heavy atom. The summed E-state index contributed by atoms with van der Waals surface area (Å²) in [5.41, 5.74) is 0.640. The van der Waals surface area contributed by atoms with E-state index >= 15 is 0 Å². The number of hydrogen-bond acceptors (Lipinski definition) is 1. The molecule has 1 saturated heterocycles. The van der Waals surface area contributed by atoms with Gasteiger partial charge >= 0.3 is 6.09 Å². The van der Waals surface area contributed by atoms with Crippen molar-refractivity contribution in [3.63, 3.8) is 0 Å². The standard InChI is InChI=1S/C13H15F2NO2/c14-11-6-10(7-12(15)8-11)5-9-1-3-16(4-2-9)13(17)18/h6-9H,1-5H2,(H,17,18). The Morgan fingerprint density at radius 1 is 1.22 bits per heavy atom. The van der Waals surface area contributed by atoms with E-state index in [9.17, 15) is 13.6 Å². The molecule has 1 aromatic carbocycles. The zero-order chi connectivity index (χ0) is 13.1. The fourth-order valence-corrected chi connectivity index (χ4v) is 2.39. The van der Waals surface area contributed by atoms with Gasteiger partial charge in [-0.2, -0.15) is 0 Å². The van der Waals surface area contributed by atoms with Crippen molar-refractivity contribution in [3.8, 4) is 0 Å². The number of halogens is 2. The van der Waals surface area contributed by atoms with Crippen LogP contribution in [0.2, 0.25) is 0 Å². The minimum atomic E-state index is -0.898. The summed E-state index contributed by atoms with van der Waals surface area (Å²) in [6, 6.07) is 3.54. The first-order valence-electron chi connectivity index (χ1n) is 5.97. The Kier molecular flexibility index (Phi) is 3.79.